The summed E-state index contributed by atoms with van der Waals surface area (Å²) in [4.78, 5) is 18.3. The largest absolute Gasteiger partial charge is 0.493 e. The molecule has 0 radical (unpaired) electrons. The Balaban J connectivity index is 1.45. The van der Waals surface area contributed by atoms with Crippen LogP contribution in [0.15, 0.2) is 36.4 Å². The van der Waals surface area contributed by atoms with Crippen molar-refractivity contribution in [2.24, 2.45) is 5.92 Å². The summed E-state index contributed by atoms with van der Waals surface area (Å²) in [6.45, 7) is 9.98. The fourth-order valence-electron chi connectivity index (χ4n) is 3.48. The van der Waals surface area contributed by atoms with Crippen LogP contribution in [0, 0.1) is 12.8 Å². The topological polar surface area (TPSA) is 86.9 Å². The Bertz CT molecular complexity index is 866. The Morgan fingerprint density at radius 2 is 1.81 bits per heavy atom. The number of aryl methyl sites for hydroxylation is 1. The van der Waals surface area contributed by atoms with E-state index in [1.807, 2.05) is 64.1 Å². The average Bonchev–Trinajstić information content (AvgIpc) is 2.69. The van der Waals surface area contributed by atoms with Crippen LogP contribution in [0.2, 0.25) is 0 Å². The summed E-state index contributed by atoms with van der Waals surface area (Å²) >= 11 is 0. The number of hydrogen-bond donors (Lipinski definition) is 1. The normalized spacial score (nSPS) is 14.9. The summed E-state index contributed by atoms with van der Waals surface area (Å²) in [5, 5.41) is 0. The molecule has 1 aliphatic heterocycles. The van der Waals surface area contributed by atoms with Gasteiger partial charge in [-0.05, 0) is 76.3 Å². The van der Waals surface area contributed by atoms with Gasteiger partial charge in [-0.1, -0.05) is 6.07 Å². The molecule has 0 atom stereocenters. The number of rotatable bonds is 6. The van der Waals surface area contributed by atoms with Crippen molar-refractivity contribution < 1.29 is 19.0 Å². The number of amides is 1. The fourth-order valence-corrected chi connectivity index (χ4v) is 3.48. The monoisotopic (exact) mass is 427 g/mol. The third kappa shape index (κ3) is 7.35. The number of hydrogen-bond acceptors (Lipinski definition) is 6. The molecule has 2 aromatic rings. The quantitative estimate of drug-likeness (QED) is 0.726. The minimum absolute atomic E-state index is 0.235. The number of benzene rings is 1. The Hall–Kier alpha value is -2.96. The van der Waals surface area contributed by atoms with Gasteiger partial charge in [-0.15, -0.1) is 0 Å². The lowest BCUT2D eigenvalue weighted by atomic mass is 9.98. The van der Waals surface area contributed by atoms with Crippen LogP contribution < -0.4 is 15.2 Å². The first-order valence-electron chi connectivity index (χ1n) is 10.7. The molecule has 2 heterocycles. The van der Waals surface area contributed by atoms with E-state index in [9.17, 15) is 4.79 Å². The number of nitrogens with two attached hydrogens (primary N) is 1. The van der Waals surface area contributed by atoms with E-state index in [0.717, 1.165) is 35.6 Å². The van der Waals surface area contributed by atoms with E-state index in [1.165, 1.54) is 0 Å². The molecule has 1 aromatic carbocycles. The lowest BCUT2D eigenvalue weighted by Gasteiger charge is -2.33. The zero-order valence-corrected chi connectivity index (χ0v) is 18.9. The number of nitrogen functional groups attached to an aromatic ring is 1. The van der Waals surface area contributed by atoms with Crippen LogP contribution in [0.5, 0.6) is 11.5 Å². The summed E-state index contributed by atoms with van der Waals surface area (Å²) < 4.78 is 17.3. The van der Waals surface area contributed by atoms with Crippen molar-refractivity contribution in [3.63, 3.8) is 0 Å². The predicted molar refractivity (Wildman–Crippen MR) is 120 cm³/mol. The van der Waals surface area contributed by atoms with E-state index < -0.39 is 5.60 Å². The second-order valence-electron chi connectivity index (χ2n) is 9.05. The summed E-state index contributed by atoms with van der Waals surface area (Å²) in [6.07, 6.45) is 1.56. The van der Waals surface area contributed by atoms with Gasteiger partial charge >= 0.3 is 6.09 Å². The second kappa shape index (κ2) is 9.90. The maximum atomic E-state index is 12.2. The Kier molecular flexibility index (Phi) is 7.25. The molecule has 0 unspecified atom stereocenters. The molecule has 1 saturated heterocycles. The SMILES string of the molecule is Cc1cc(N)nc(COc2cccc(OCC3CCN(C(=O)OC(C)(C)C)CC3)c2)c1. The van der Waals surface area contributed by atoms with Gasteiger partial charge in [0.25, 0.3) is 0 Å². The van der Waals surface area contributed by atoms with E-state index in [-0.39, 0.29) is 6.09 Å². The minimum atomic E-state index is -0.466. The lowest BCUT2D eigenvalue weighted by Crippen LogP contribution is -2.42. The average molecular weight is 428 g/mol. The van der Waals surface area contributed by atoms with Crippen molar-refractivity contribution in [3.05, 3.63) is 47.7 Å². The van der Waals surface area contributed by atoms with Crippen molar-refractivity contribution >= 4 is 11.9 Å². The lowest BCUT2D eigenvalue weighted by molar-refractivity contribution is 0.0165. The molecule has 0 saturated carbocycles. The smallest absolute Gasteiger partial charge is 0.410 e. The molecule has 7 heteroatoms. The molecular weight excluding hydrogens is 394 g/mol. The van der Waals surface area contributed by atoms with E-state index in [4.69, 9.17) is 19.9 Å². The summed E-state index contributed by atoms with van der Waals surface area (Å²) in [6, 6.07) is 11.4. The predicted octanol–water partition coefficient (Wildman–Crippen LogP) is 4.58. The van der Waals surface area contributed by atoms with Gasteiger partial charge in [0.2, 0.25) is 0 Å². The fraction of sp³-hybridized carbons (Fsp3) is 0.500. The van der Waals surface area contributed by atoms with E-state index in [1.54, 1.807) is 4.90 Å². The maximum Gasteiger partial charge on any atom is 0.410 e. The van der Waals surface area contributed by atoms with Gasteiger partial charge in [-0.25, -0.2) is 9.78 Å². The van der Waals surface area contributed by atoms with Crippen molar-refractivity contribution in [1.29, 1.82) is 0 Å². The van der Waals surface area contributed by atoms with Crippen LogP contribution in [0.25, 0.3) is 0 Å². The maximum absolute atomic E-state index is 12.2. The molecule has 0 bridgehead atoms. The molecule has 1 fully saturated rings. The van der Waals surface area contributed by atoms with Crippen molar-refractivity contribution in [1.82, 2.24) is 9.88 Å². The molecule has 2 N–H and O–H groups in total. The molecule has 1 aliphatic rings. The molecule has 1 amide bonds. The van der Waals surface area contributed by atoms with Crippen LogP contribution >= 0.6 is 0 Å². The number of carbonyl (C=O) groups excluding carboxylic acids is 1. The van der Waals surface area contributed by atoms with Gasteiger partial charge in [0, 0.05) is 19.2 Å². The number of pyridine rings is 1. The Labute approximate surface area is 184 Å². The van der Waals surface area contributed by atoms with Crippen molar-refractivity contribution in [2.45, 2.75) is 52.7 Å². The molecule has 1 aromatic heterocycles. The standard InChI is InChI=1S/C24H33N3O4/c1-17-12-19(26-22(25)13-17)16-30-21-7-5-6-20(14-21)29-15-18-8-10-27(11-9-18)23(28)31-24(2,3)4/h5-7,12-14,18H,8-11,15-16H2,1-4H3,(H2,25,26). The zero-order chi connectivity index (χ0) is 22.4. The van der Waals surface area contributed by atoms with Crippen LogP contribution in [0.1, 0.15) is 44.9 Å². The van der Waals surface area contributed by atoms with E-state index in [2.05, 4.69) is 4.98 Å². The highest BCUT2D eigenvalue weighted by Gasteiger charge is 2.27. The van der Waals surface area contributed by atoms with Gasteiger partial charge in [0.05, 0.1) is 12.3 Å². The highest BCUT2D eigenvalue weighted by atomic mass is 16.6. The molecule has 7 nitrogen and oxygen atoms in total. The highest BCUT2D eigenvalue weighted by Crippen LogP contribution is 2.24. The third-order valence-electron chi connectivity index (χ3n) is 4.99. The highest BCUT2D eigenvalue weighted by molar-refractivity contribution is 5.68. The van der Waals surface area contributed by atoms with Gasteiger partial charge in [0.15, 0.2) is 0 Å². The van der Waals surface area contributed by atoms with Crippen LogP contribution in [0.3, 0.4) is 0 Å². The molecular formula is C24H33N3O4. The number of likely N-dealkylation sites (tertiary alicyclic amines) is 1. The number of anilines is 1. The molecule has 0 spiro atoms. The second-order valence-corrected chi connectivity index (χ2v) is 9.05. The van der Waals surface area contributed by atoms with Gasteiger partial charge < -0.3 is 24.8 Å². The van der Waals surface area contributed by atoms with Gasteiger partial charge in [0.1, 0.15) is 29.5 Å². The summed E-state index contributed by atoms with van der Waals surface area (Å²) in [7, 11) is 0. The first-order chi connectivity index (χ1) is 14.7. The van der Waals surface area contributed by atoms with Crippen LogP contribution in [0.4, 0.5) is 10.6 Å². The number of carbonyl (C=O) groups is 1. The molecule has 3 rings (SSSR count). The summed E-state index contributed by atoms with van der Waals surface area (Å²) in [5.74, 6) is 2.39. The first kappa shape index (κ1) is 22.7. The molecule has 31 heavy (non-hydrogen) atoms. The number of piperidine rings is 1. The van der Waals surface area contributed by atoms with Crippen LogP contribution in [-0.2, 0) is 11.3 Å². The Morgan fingerprint density at radius 3 is 2.45 bits per heavy atom. The summed E-state index contributed by atoms with van der Waals surface area (Å²) in [5.41, 5.74) is 7.18. The molecule has 168 valence electrons. The van der Waals surface area contributed by atoms with Gasteiger partial charge in [-0.2, -0.15) is 0 Å². The Morgan fingerprint density at radius 1 is 1.13 bits per heavy atom. The zero-order valence-electron chi connectivity index (χ0n) is 18.9. The third-order valence-corrected chi connectivity index (χ3v) is 4.99. The van der Waals surface area contributed by atoms with Crippen LogP contribution in [-0.4, -0.2) is 41.3 Å². The molecule has 0 aliphatic carbocycles. The minimum Gasteiger partial charge on any atom is -0.493 e. The van der Waals surface area contributed by atoms with Gasteiger partial charge in [-0.3, -0.25) is 0 Å². The van der Waals surface area contributed by atoms with E-state index >= 15 is 0 Å². The van der Waals surface area contributed by atoms with Crippen molar-refractivity contribution in [2.75, 3.05) is 25.4 Å². The number of aromatic nitrogens is 1. The van der Waals surface area contributed by atoms with Crippen molar-refractivity contribution in [3.8, 4) is 11.5 Å². The number of ether oxygens (including phenoxy) is 3. The first-order valence-corrected chi connectivity index (χ1v) is 10.7. The van der Waals surface area contributed by atoms with E-state index in [0.29, 0.717) is 38.0 Å². The number of nitrogens with zero attached hydrogens (tertiary/aromatic N) is 2.